The molecule has 5 heteroatoms. The number of rotatable bonds is 6. The summed E-state index contributed by atoms with van der Waals surface area (Å²) in [5, 5.41) is 10.3. The average molecular weight is 403 g/mol. The third kappa shape index (κ3) is 4.21. The zero-order chi connectivity index (χ0) is 21.1. The summed E-state index contributed by atoms with van der Waals surface area (Å²) in [7, 11) is 0. The van der Waals surface area contributed by atoms with Gasteiger partial charge >= 0.3 is 5.97 Å². The molecule has 1 aliphatic carbocycles. The molecule has 1 heterocycles. The lowest BCUT2D eigenvalue weighted by Gasteiger charge is -2.13. The maximum atomic E-state index is 13.0. The highest BCUT2D eigenvalue weighted by Gasteiger charge is 2.27. The number of phenolic OH excluding ortho intramolecular Hbond substituents is 1. The molecular weight excluding hydrogens is 378 g/mol. The first-order valence-electron chi connectivity index (χ1n) is 10.2. The predicted molar refractivity (Wildman–Crippen MR) is 117 cm³/mol. The van der Waals surface area contributed by atoms with Gasteiger partial charge in [0.1, 0.15) is 12.4 Å². The van der Waals surface area contributed by atoms with Crippen LogP contribution in [0.3, 0.4) is 0 Å². The van der Waals surface area contributed by atoms with Crippen LogP contribution in [-0.2, 0) is 15.9 Å². The number of esters is 1. The van der Waals surface area contributed by atoms with E-state index in [0.717, 1.165) is 46.1 Å². The number of pyridine rings is 1. The van der Waals surface area contributed by atoms with Crippen molar-refractivity contribution < 1.29 is 19.4 Å². The highest BCUT2D eigenvalue weighted by Crippen LogP contribution is 2.37. The van der Waals surface area contributed by atoms with E-state index in [0.29, 0.717) is 12.2 Å². The number of para-hydroxylation sites is 1. The maximum Gasteiger partial charge on any atom is 0.339 e. The lowest BCUT2D eigenvalue weighted by atomic mass is 10.0. The van der Waals surface area contributed by atoms with Gasteiger partial charge in [-0.05, 0) is 67.7 Å². The van der Waals surface area contributed by atoms with Gasteiger partial charge in [0, 0.05) is 5.39 Å². The lowest BCUT2D eigenvalue weighted by molar-refractivity contribution is 0.0177. The van der Waals surface area contributed by atoms with Crippen molar-refractivity contribution in [1.82, 2.24) is 4.98 Å². The Morgan fingerprint density at radius 3 is 2.63 bits per heavy atom. The molecular formula is C25H25NO4. The Balaban J connectivity index is 1.71. The molecule has 1 N–H and O–H groups in total. The fourth-order valence-electron chi connectivity index (χ4n) is 3.77. The summed E-state index contributed by atoms with van der Waals surface area (Å²) in [6.07, 6.45) is 3.71. The minimum atomic E-state index is -0.330. The Morgan fingerprint density at radius 2 is 1.87 bits per heavy atom. The Kier molecular flexibility index (Phi) is 5.81. The molecule has 3 aromatic rings. The number of hydrogen-bond donors (Lipinski definition) is 1. The van der Waals surface area contributed by atoms with Crippen molar-refractivity contribution in [3.8, 4) is 5.75 Å². The van der Waals surface area contributed by atoms with Gasteiger partial charge in [0.2, 0.25) is 0 Å². The van der Waals surface area contributed by atoms with Gasteiger partial charge in [-0.3, -0.25) is 0 Å². The molecule has 1 aromatic heterocycles. The number of phenols is 1. The Bertz CT molecular complexity index is 1100. The van der Waals surface area contributed by atoms with Gasteiger partial charge in [0.05, 0.1) is 29.5 Å². The summed E-state index contributed by atoms with van der Waals surface area (Å²) in [6, 6.07) is 14.7. The van der Waals surface area contributed by atoms with Crippen LogP contribution in [0.1, 0.15) is 47.4 Å². The van der Waals surface area contributed by atoms with E-state index in [1.165, 1.54) is 0 Å². The molecule has 0 saturated heterocycles. The van der Waals surface area contributed by atoms with Crippen LogP contribution in [0.5, 0.6) is 5.75 Å². The first kappa shape index (κ1) is 20.1. The second kappa shape index (κ2) is 8.67. The second-order valence-electron chi connectivity index (χ2n) is 7.65. The first-order chi connectivity index (χ1) is 14.5. The van der Waals surface area contributed by atoms with E-state index < -0.39 is 0 Å². The van der Waals surface area contributed by atoms with Crippen molar-refractivity contribution in [3.63, 3.8) is 0 Å². The molecule has 154 valence electrons. The fraction of sp³-hybridized carbons (Fsp3) is 0.280. The quantitative estimate of drug-likeness (QED) is 0.463. The molecule has 1 aliphatic rings. The number of allylic oxidation sites excluding steroid dienone is 1. The van der Waals surface area contributed by atoms with Gasteiger partial charge in [-0.1, -0.05) is 30.3 Å². The highest BCUT2D eigenvalue weighted by molar-refractivity contribution is 6.07. The molecule has 0 atom stereocenters. The Labute approximate surface area is 176 Å². The van der Waals surface area contributed by atoms with Crippen molar-refractivity contribution in [1.29, 1.82) is 0 Å². The number of aromatic nitrogens is 1. The van der Waals surface area contributed by atoms with E-state index >= 15 is 0 Å². The summed E-state index contributed by atoms with van der Waals surface area (Å²) in [6.45, 7) is 4.50. The number of ether oxygens (including phenoxy) is 2. The highest BCUT2D eigenvalue weighted by atomic mass is 16.6. The summed E-state index contributed by atoms with van der Waals surface area (Å²) >= 11 is 0. The van der Waals surface area contributed by atoms with Gasteiger partial charge in [-0.2, -0.15) is 0 Å². The van der Waals surface area contributed by atoms with E-state index in [-0.39, 0.29) is 24.4 Å². The van der Waals surface area contributed by atoms with Crippen LogP contribution in [0.4, 0.5) is 0 Å². The van der Waals surface area contributed by atoms with Crippen molar-refractivity contribution in [3.05, 3.63) is 70.9 Å². The summed E-state index contributed by atoms with van der Waals surface area (Å²) < 4.78 is 11.0. The van der Waals surface area contributed by atoms with Gasteiger partial charge in [-0.25, -0.2) is 9.78 Å². The normalized spacial score (nSPS) is 14.4. The topological polar surface area (TPSA) is 68.7 Å². The molecule has 0 fully saturated rings. The number of hydrogen-bond acceptors (Lipinski definition) is 5. The van der Waals surface area contributed by atoms with Gasteiger partial charge in [0.15, 0.2) is 0 Å². The summed E-state index contributed by atoms with van der Waals surface area (Å²) in [4.78, 5) is 17.9. The van der Waals surface area contributed by atoms with Crippen LogP contribution in [0, 0.1) is 0 Å². The van der Waals surface area contributed by atoms with Crippen LogP contribution >= 0.6 is 0 Å². The number of aromatic hydroxyl groups is 1. The third-order valence-corrected chi connectivity index (χ3v) is 5.15. The van der Waals surface area contributed by atoms with E-state index in [1.54, 1.807) is 12.1 Å². The van der Waals surface area contributed by atoms with Crippen molar-refractivity contribution in [2.24, 2.45) is 0 Å². The predicted octanol–water partition coefficient (Wildman–Crippen LogP) is 5.01. The molecule has 2 aromatic carbocycles. The fourth-order valence-corrected chi connectivity index (χ4v) is 3.77. The van der Waals surface area contributed by atoms with Gasteiger partial charge < -0.3 is 14.6 Å². The first-order valence-corrected chi connectivity index (χ1v) is 10.2. The van der Waals surface area contributed by atoms with Crippen molar-refractivity contribution in [2.45, 2.75) is 32.8 Å². The molecule has 0 saturated carbocycles. The molecule has 0 amide bonds. The van der Waals surface area contributed by atoms with E-state index in [1.807, 2.05) is 50.2 Å². The summed E-state index contributed by atoms with van der Waals surface area (Å²) in [5.74, 6) is -0.0948. The molecule has 0 radical (unpaired) electrons. The lowest BCUT2D eigenvalue weighted by Crippen LogP contribution is -2.15. The molecule has 5 nitrogen and oxygen atoms in total. The molecule has 0 unspecified atom stereocenters. The maximum absolute atomic E-state index is 13.0. The van der Waals surface area contributed by atoms with E-state index in [2.05, 4.69) is 6.08 Å². The second-order valence-corrected chi connectivity index (χ2v) is 7.65. The van der Waals surface area contributed by atoms with Crippen molar-refractivity contribution in [2.75, 3.05) is 13.2 Å². The SMILES string of the molecule is CC(C)OCCOC(=O)c1c2c(nc3ccccc13)/C(=C/c1ccc(O)cc1)CC2. The van der Waals surface area contributed by atoms with Crippen LogP contribution in [0.15, 0.2) is 48.5 Å². The zero-order valence-corrected chi connectivity index (χ0v) is 17.2. The average Bonchev–Trinajstić information content (AvgIpc) is 3.13. The number of fused-ring (bicyclic) bond motifs is 2. The number of carbonyl (C=O) groups excluding carboxylic acids is 1. The molecule has 4 rings (SSSR count). The smallest absolute Gasteiger partial charge is 0.339 e. The van der Waals surface area contributed by atoms with Gasteiger partial charge in [-0.15, -0.1) is 0 Å². The number of benzene rings is 2. The number of nitrogens with zero attached hydrogens (tertiary/aromatic N) is 1. The zero-order valence-electron chi connectivity index (χ0n) is 17.2. The molecule has 30 heavy (non-hydrogen) atoms. The third-order valence-electron chi connectivity index (χ3n) is 5.15. The minimum absolute atomic E-state index is 0.0994. The minimum Gasteiger partial charge on any atom is -0.508 e. The summed E-state index contributed by atoms with van der Waals surface area (Å²) in [5.41, 5.74) is 5.24. The Hall–Kier alpha value is -3.18. The van der Waals surface area contributed by atoms with E-state index in [9.17, 15) is 9.90 Å². The Morgan fingerprint density at radius 1 is 1.10 bits per heavy atom. The monoisotopic (exact) mass is 403 g/mol. The number of carbonyl (C=O) groups is 1. The van der Waals surface area contributed by atoms with Crippen LogP contribution in [0.25, 0.3) is 22.6 Å². The molecule has 0 bridgehead atoms. The largest absolute Gasteiger partial charge is 0.508 e. The van der Waals surface area contributed by atoms with Crippen LogP contribution in [0.2, 0.25) is 0 Å². The molecule has 0 spiro atoms. The van der Waals surface area contributed by atoms with Gasteiger partial charge in [0.25, 0.3) is 0 Å². The van der Waals surface area contributed by atoms with Crippen molar-refractivity contribution >= 4 is 28.5 Å². The standard InChI is InChI=1S/C25H25NO4/c1-16(2)29-13-14-30-25(28)23-20-5-3-4-6-22(20)26-24-18(9-12-21(23)24)15-17-7-10-19(27)11-8-17/h3-8,10-11,15-16,27H,9,12-14H2,1-2H3/b18-15+. The van der Waals surface area contributed by atoms with E-state index in [4.69, 9.17) is 14.5 Å². The van der Waals surface area contributed by atoms with Crippen LogP contribution in [-0.4, -0.2) is 35.4 Å². The molecule has 0 aliphatic heterocycles. The van der Waals surface area contributed by atoms with Crippen LogP contribution < -0.4 is 0 Å².